The van der Waals surface area contributed by atoms with Crippen molar-refractivity contribution in [1.82, 2.24) is 4.90 Å². The molecule has 0 heterocycles. The van der Waals surface area contributed by atoms with Gasteiger partial charge in [-0.05, 0) is 32.6 Å². The lowest BCUT2D eigenvalue weighted by Gasteiger charge is -2.10. The molecule has 19 heavy (non-hydrogen) atoms. The smallest absolute Gasteiger partial charge is 0.176 e. The quantitative estimate of drug-likeness (QED) is 0.505. The first kappa shape index (κ1) is 15.7. The predicted octanol–water partition coefficient (Wildman–Crippen LogP) is 3.39. The summed E-state index contributed by atoms with van der Waals surface area (Å²) in [4.78, 5) is 13.8. The molecule has 0 aromatic heterocycles. The fourth-order valence-corrected chi connectivity index (χ4v) is 1.86. The van der Waals surface area contributed by atoms with Gasteiger partial charge < -0.3 is 9.64 Å². The minimum atomic E-state index is 0.126. The molecule has 3 nitrogen and oxygen atoms in total. The summed E-state index contributed by atoms with van der Waals surface area (Å²) in [6.07, 6.45) is 4.76. The summed E-state index contributed by atoms with van der Waals surface area (Å²) in [6, 6.07) is 7.47. The highest BCUT2D eigenvalue weighted by atomic mass is 16.5. The van der Waals surface area contributed by atoms with Crippen LogP contribution >= 0.6 is 0 Å². The number of ether oxygens (including phenoxy) is 1. The van der Waals surface area contributed by atoms with E-state index in [1.165, 1.54) is 19.3 Å². The van der Waals surface area contributed by atoms with Crippen molar-refractivity contribution >= 4 is 5.78 Å². The fraction of sp³-hybridized carbons (Fsp3) is 0.562. The van der Waals surface area contributed by atoms with Gasteiger partial charge in [0.05, 0.1) is 13.2 Å². The predicted molar refractivity (Wildman–Crippen MR) is 79.0 cm³/mol. The summed E-state index contributed by atoms with van der Waals surface area (Å²) in [5.41, 5.74) is 0.722. The zero-order valence-electron chi connectivity index (χ0n) is 12.3. The molecule has 0 aliphatic carbocycles. The molecule has 106 valence electrons. The second kappa shape index (κ2) is 8.70. The Balaban J connectivity index is 2.45. The maximum absolute atomic E-state index is 11.9. The molecule has 0 bridgehead atoms. The van der Waals surface area contributed by atoms with E-state index in [-0.39, 0.29) is 5.78 Å². The second-order valence-electron chi connectivity index (χ2n) is 5.10. The maximum atomic E-state index is 11.9. The summed E-state index contributed by atoms with van der Waals surface area (Å²) < 4.78 is 5.68. The van der Waals surface area contributed by atoms with Gasteiger partial charge >= 0.3 is 0 Å². The van der Waals surface area contributed by atoms with E-state index in [1.807, 2.05) is 43.3 Å². The number of unbranched alkanes of at least 4 members (excludes halogenated alkanes) is 3. The topological polar surface area (TPSA) is 29.5 Å². The van der Waals surface area contributed by atoms with Crippen LogP contribution in [0.4, 0.5) is 0 Å². The number of likely N-dealkylation sites (N-methyl/N-ethyl adjacent to an activating group) is 1. The Morgan fingerprint density at radius 2 is 2.00 bits per heavy atom. The molecule has 0 spiro atoms. The van der Waals surface area contributed by atoms with Crippen molar-refractivity contribution in [3.8, 4) is 5.75 Å². The summed E-state index contributed by atoms with van der Waals surface area (Å²) >= 11 is 0. The molecule has 0 fully saturated rings. The lowest BCUT2D eigenvalue weighted by Crippen LogP contribution is -2.21. The van der Waals surface area contributed by atoms with E-state index in [0.29, 0.717) is 6.54 Å². The van der Waals surface area contributed by atoms with Crippen molar-refractivity contribution in [3.63, 3.8) is 0 Å². The molecule has 1 rings (SSSR count). The van der Waals surface area contributed by atoms with Crippen LogP contribution in [0.1, 0.15) is 43.0 Å². The average molecular weight is 263 g/mol. The lowest BCUT2D eigenvalue weighted by atomic mass is 10.1. The van der Waals surface area contributed by atoms with E-state index < -0.39 is 0 Å². The van der Waals surface area contributed by atoms with Crippen LogP contribution in [0.5, 0.6) is 5.75 Å². The number of ketones is 1. The largest absolute Gasteiger partial charge is 0.494 e. The molecule has 0 radical (unpaired) electrons. The lowest BCUT2D eigenvalue weighted by molar-refractivity contribution is 0.0957. The minimum Gasteiger partial charge on any atom is -0.494 e. The summed E-state index contributed by atoms with van der Waals surface area (Å²) in [5, 5.41) is 0. The van der Waals surface area contributed by atoms with E-state index >= 15 is 0 Å². The second-order valence-corrected chi connectivity index (χ2v) is 5.10. The highest BCUT2D eigenvalue weighted by Crippen LogP contribution is 2.14. The van der Waals surface area contributed by atoms with Gasteiger partial charge in [0.1, 0.15) is 5.75 Å². The molecule has 0 amide bonds. The zero-order chi connectivity index (χ0) is 14.1. The van der Waals surface area contributed by atoms with Crippen LogP contribution in [0.25, 0.3) is 0 Å². The van der Waals surface area contributed by atoms with Crippen molar-refractivity contribution < 1.29 is 9.53 Å². The molecular formula is C16H25NO2. The number of rotatable bonds is 9. The van der Waals surface area contributed by atoms with Crippen LogP contribution in [0, 0.1) is 0 Å². The van der Waals surface area contributed by atoms with Gasteiger partial charge in [0.25, 0.3) is 0 Å². The van der Waals surface area contributed by atoms with E-state index in [9.17, 15) is 4.79 Å². The zero-order valence-corrected chi connectivity index (χ0v) is 12.3. The molecule has 0 aliphatic rings. The Kier molecular flexibility index (Phi) is 7.19. The van der Waals surface area contributed by atoms with Crippen LogP contribution in [0.2, 0.25) is 0 Å². The van der Waals surface area contributed by atoms with Crippen LogP contribution < -0.4 is 4.74 Å². The highest BCUT2D eigenvalue weighted by molar-refractivity contribution is 5.97. The fourth-order valence-electron chi connectivity index (χ4n) is 1.86. The Morgan fingerprint density at radius 1 is 1.21 bits per heavy atom. The first-order valence-electron chi connectivity index (χ1n) is 7.04. The van der Waals surface area contributed by atoms with Crippen LogP contribution in [-0.2, 0) is 0 Å². The number of Topliss-reactive ketones (excluding diaryl/α,β-unsaturated/α-hetero) is 1. The first-order chi connectivity index (χ1) is 9.13. The molecule has 0 saturated carbocycles. The number of nitrogens with zero attached hydrogens (tertiary/aromatic N) is 1. The standard InChI is InChI=1S/C16H25NO2/c1-4-5-6-7-11-19-15-10-8-9-14(12-15)16(18)13-17(2)3/h8-10,12H,4-7,11,13H2,1-3H3. The van der Waals surface area contributed by atoms with Gasteiger partial charge in [-0.15, -0.1) is 0 Å². The van der Waals surface area contributed by atoms with Gasteiger partial charge in [0.15, 0.2) is 5.78 Å². The van der Waals surface area contributed by atoms with Gasteiger partial charge in [0.2, 0.25) is 0 Å². The molecule has 1 aromatic rings. The van der Waals surface area contributed by atoms with Crippen molar-refractivity contribution in [2.75, 3.05) is 27.2 Å². The highest BCUT2D eigenvalue weighted by Gasteiger charge is 2.07. The van der Waals surface area contributed by atoms with E-state index in [4.69, 9.17) is 4.74 Å². The third-order valence-electron chi connectivity index (χ3n) is 2.88. The number of carbonyl (C=O) groups excluding carboxylic acids is 1. The van der Waals surface area contributed by atoms with Crippen molar-refractivity contribution in [1.29, 1.82) is 0 Å². The van der Waals surface area contributed by atoms with Gasteiger partial charge in [0, 0.05) is 5.56 Å². The van der Waals surface area contributed by atoms with Gasteiger partial charge in [-0.25, -0.2) is 0 Å². The van der Waals surface area contributed by atoms with Crippen molar-refractivity contribution in [3.05, 3.63) is 29.8 Å². The molecule has 0 unspecified atom stereocenters. The summed E-state index contributed by atoms with van der Waals surface area (Å²) in [6.45, 7) is 3.35. The number of benzene rings is 1. The first-order valence-corrected chi connectivity index (χ1v) is 7.04. The third kappa shape index (κ3) is 6.39. The van der Waals surface area contributed by atoms with Gasteiger partial charge in [-0.2, -0.15) is 0 Å². The number of hydrogen-bond acceptors (Lipinski definition) is 3. The molecule has 0 atom stereocenters. The molecule has 1 aromatic carbocycles. The van der Waals surface area contributed by atoms with Crippen molar-refractivity contribution in [2.24, 2.45) is 0 Å². The SMILES string of the molecule is CCCCCCOc1cccc(C(=O)CN(C)C)c1. The molecule has 0 N–H and O–H groups in total. The average Bonchev–Trinajstić information content (AvgIpc) is 2.38. The normalized spacial score (nSPS) is 10.7. The minimum absolute atomic E-state index is 0.126. The van der Waals surface area contributed by atoms with Crippen LogP contribution in [0.15, 0.2) is 24.3 Å². The van der Waals surface area contributed by atoms with Crippen LogP contribution in [0.3, 0.4) is 0 Å². The number of carbonyl (C=O) groups is 1. The molecular weight excluding hydrogens is 238 g/mol. The Morgan fingerprint density at radius 3 is 2.68 bits per heavy atom. The van der Waals surface area contributed by atoms with E-state index in [0.717, 1.165) is 24.3 Å². The third-order valence-corrected chi connectivity index (χ3v) is 2.88. The van der Waals surface area contributed by atoms with E-state index in [2.05, 4.69) is 6.92 Å². The van der Waals surface area contributed by atoms with Gasteiger partial charge in [-0.1, -0.05) is 38.3 Å². The Hall–Kier alpha value is -1.35. The Bertz CT molecular complexity index is 388. The molecule has 3 heteroatoms. The monoisotopic (exact) mass is 263 g/mol. The van der Waals surface area contributed by atoms with Gasteiger partial charge in [-0.3, -0.25) is 4.79 Å². The molecule has 0 aliphatic heterocycles. The maximum Gasteiger partial charge on any atom is 0.176 e. The van der Waals surface area contributed by atoms with Crippen molar-refractivity contribution in [2.45, 2.75) is 32.6 Å². The van der Waals surface area contributed by atoms with Crippen LogP contribution in [-0.4, -0.2) is 37.9 Å². The summed E-state index contributed by atoms with van der Waals surface area (Å²) in [7, 11) is 3.79. The number of hydrogen-bond donors (Lipinski definition) is 0. The molecule has 0 saturated heterocycles. The van der Waals surface area contributed by atoms with E-state index in [1.54, 1.807) is 0 Å². The Labute approximate surface area is 116 Å². The summed E-state index contributed by atoms with van der Waals surface area (Å²) in [5.74, 6) is 0.919.